The zero-order chi connectivity index (χ0) is 12.0. The lowest BCUT2D eigenvalue weighted by Crippen LogP contribution is -2.02. The molecule has 0 fully saturated rings. The molecule has 0 aromatic heterocycles. The van der Waals surface area contributed by atoms with Crippen molar-refractivity contribution in [1.82, 2.24) is 0 Å². The third-order valence-corrected chi connectivity index (χ3v) is 3.43. The number of thioether (sulfide) groups is 1. The molecule has 0 saturated carbocycles. The summed E-state index contributed by atoms with van der Waals surface area (Å²) >= 11 is 1.67. The predicted octanol–water partition coefficient (Wildman–Crippen LogP) is 3.01. The fraction of sp³-hybridized carbons (Fsp3) is 0.500. The SMILES string of the molecule is CCCSCC(O)c1ccc(OC)c(F)c1. The lowest BCUT2D eigenvalue weighted by atomic mass is 10.1. The highest BCUT2D eigenvalue weighted by molar-refractivity contribution is 7.99. The van der Waals surface area contributed by atoms with Crippen LogP contribution in [0.1, 0.15) is 25.0 Å². The summed E-state index contributed by atoms with van der Waals surface area (Å²) in [6.07, 6.45) is 0.464. The van der Waals surface area contributed by atoms with Crippen molar-refractivity contribution in [1.29, 1.82) is 0 Å². The van der Waals surface area contributed by atoms with Crippen molar-refractivity contribution in [3.8, 4) is 5.75 Å². The van der Waals surface area contributed by atoms with Gasteiger partial charge < -0.3 is 9.84 Å². The van der Waals surface area contributed by atoms with Gasteiger partial charge in [0.1, 0.15) is 0 Å². The van der Waals surface area contributed by atoms with E-state index in [2.05, 4.69) is 6.92 Å². The van der Waals surface area contributed by atoms with E-state index in [-0.39, 0.29) is 5.75 Å². The van der Waals surface area contributed by atoms with E-state index < -0.39 is 11.9 Å². The van der Waals surface area contributed by atoms with Crippen LogP contribution in [0.4, 0.5) is 4.39 Å². The Morgan fingerprint density at radius 1 is 1.50 bits per heavy atom. The molecular weight excluding hydrogens is 227 g/mol. The Kier molecular flexibility index (Phi) is 5.63. The highest BCUT2D eigenvalue weighted by Gasteiger charge is 2.10. The summed E-state index contributed by atoms with van der Waals surface area (Å²) in [4.78, 5) is 0. The van der Waals surface area contributed by atoms with Gasteiger partial charge in [0.05, 0.1) is 13.2 Å². The number of hydrogen-bond donors (Lipinski definition) is 1. The number of aliphatic hydroxyl groups is 1. The van der Waals surface area contributed by atoms with Crippen LogP contribution in [-0.4, -0.2) is 23.7 Å². The Bertz CT molecular complexity index is 331. The molecule has 0 aliphatic heterocycles. The molecule has 0 aliphatic carbocycles. The van der Waals surface area contributed by atoms with Gasteiger partial charge >= 0.3 is 0 Å². The molecule has 0 bridgehead atoms. The highest BCUT2D eigenvalue weighted by Crippen LogP contribution is 2.24. The van der Waals surface area contributed by atoms with Crippen LogP contribution < -0.4 is 4.74 Å². The monoisotopic (exact) mass is 244 g/mol. The number of ether oxygens (including phenoxy) is 1. The maximum atomic E-state index is 13.4. The summed E-state index contributed by atoms with van der Waals surface area (Å²) in [5, 5.41) is 9.81. The molecule has 1 N–H and O–H groups in total. The van der Waals surface area contributed by atoms with E-state index in [0.717, 1.165) is 12.2 Å². The number of methoxy groups -OCH3 is 1. The van der Waals surface area contributed by atoms with Crippen LogP contribution >= 0.6 is 11.8 Å². The van der Waals surface area contributed by atoms with Crippen molar-refractivity contribution in [3.63, 3.8) is 0 Å². The molecule has 0 aliphatic rings. The molecule has 0 heterocycles. The van der Waals surface area contributed by atoms with Crippen LogP contribution in [0.3, 0.4) is 0 Å². The molecule has 4 heteroatoms. The van der Waals surface area contributed by atoms with Crippen molar-refractivity contribution >= 4 is 11.8 Å². The van der Waals surface area contributed by atoms with Crippen molar-refractivity contribution < 1.29 is 14.2 Å². The second-order valence-corrected chi connectivity index (χ2v) is 4.63. The third kappa shape index (κ3) is 3.68. The summed E-state index contributed by atoms with van der Waals surface area (Å²) < 4.78 is 18.2. The topological polar surface area (TPSA) is 29.5 Å². The van der Waals surface area contributed by atoms with Crippen LogP contribution in [0.2, 0.25) is 0 Å². The molecular formula is C12H17FO2S. The average Bonchev–Trinajstić information content (AvgIpc) is 2.29. The average molecular weight is 244 g/mol. The van der Waals surface area contributed by atoms with Gasteiger partial charge in [-0.1, -0.05) is 13.0 Å². The van der Waals surface area contributed by atoms with Crippen LogP contribution in [-0.2, 0) is 0 Å². The molecule has 0 radical (unpaired) electrons. The van der Waals surface area contributed by atoms with E-state index in [1.54, 1.807) is 23.9 Å². The Hall–Kier alpha value is -0.740. The number of aliphatic hydroxyl groups excluding tert-OH is 1. The van der Waals surface area contributed by atoms with Gasteiger partial charge in [0, 0.05) is 5.75 Å². The molecule has 90 valence electrons. The Morgan fingerprint density at radius 3 is 2.81 bits per heavy atom. The van der Waals surface area contributed by atoms with Crippen molar-refractivity contribution in [2.45, 2.75) is 19.4 Å². The molecule has 1 unspecified atom stereocenters. The predicted molar refractivity (Wildman–Crippen MR) is 65.5 cm³/mol. The molecule has 1 aromatic carbocycles. The Balaban J connectivity index is 2.62. The van der Waals surface area contributed by atoms with Gasteiger partial charge in [-0.3, -0.25) is 0 Å². The first-order chi connectivity index (χ1) is 7.69. The zero-order valence-corrected chi connectivity index (χ0v) is 10.4. The second-order valence-electron chi connectivity index (χ2n) is 3.48. The third-order valence-electron chi connectivity index (χ3n) is 2.18. The van der Waals surface area contributed by atoms with E-state index in [0.29, 0.717) is 11.3 Å². The fourth-order valence-corrected chi connectivity index (χ4v) is 2.20. The maximum absolute atomic E-state index is 13.4. The summed E-state index contributed by atoms with van der Waals surface area (Å²) in [7, 11) is 1.42. The van der Waals surface area contributed by atoms with Crippen LogP contribution in [0.5, 0.6) is 5.75 Å². The van der Waals surface area contributed by atoms with Gasteiger partial charge in [0.15, 0.2) is 11.6 Å². The molecule has 0 saturated heterocycles. The maximum Gasteiger partial charge on any atom is 0.165 e. The summed E-state index contributed by atoms with van der Waals surface area (Å²) in [5.41, 5.74) is 0.599. The van der Waals surface area contributed by atoms with Gasteiger partial charge in [-0.15, -0.1) is 0 Å². The normalized spacial score (nSPS) is 12.5. The minimum atomic E-state index is -0.614. The Labute approximate surface area is 99.8 Å². The highest BCUT2D eigenvalue weighted by atomic mass is 32.2. The van der Waals surface area contributed by atoms with Gasteiger partial charge in [-0.05, 0) is 29.9 Å². The molecule has 1 aromatic rings. The first-order valence-electron chi connectivity index (χ1n) is 5.28. The lowest BCUT2D eigenvalue weighted by molar-refractivity contribution is 0.203. The van der Waals surface area contributed by atoms with Crippen LogP contribution in [0.25, 0.3) is 0 Å². The minimum absolute atomic E-state index is 0.206. The minimum Gasteiger partial charge on any atom is -0.494 e. The molecule has 16 heavy (non-hydrogen) atoms. The van der Waals surface area contributed by atoms with E-state index >= 15 is 0 Å². The van der Waals surface area contributed by atoms with E-state index in [1.165, 1.54) is 13.2 Å². The smallest absolute Gasteiger partial charge is 0.165 e. The van der Waals surface area contributed by atoms with Crippen molar-refractivity contribution in [2.75, 3.05) is 18.6 Å². The van der Waals surface area contributed by atoms with E-state index in [4.69, 9.17) is 4.74 Å². The standard InChI is InChI=1S/C12H17FO2S/c1-3-6-16-8-11(14)9-4-5-12(15-2)10(13)7-9/h4-5,7,11,14H,3,6,8H2,1-2H3. The van der Waals surface area contributed by atoms with E-state index in [1.807, 2.05) is 0 Å². The quantitative estimate of drug-likeness (QED) is 0.780. The summed E-state index contributed by atoms with van der Waals surface area (Å²) in [6.45, 7) is 2.09. The largest absolute Gasteiger partial charge is 0.494 e. The fourth-order valence-electron chi connectivity index (χ4n) is 1.33. The lowest BCUT2D eigenvalue weighted by Gasteiger charge is -2.11. The van der Waals surface area contributed by atoms with Crippen LogP contribution in [0.15, 0.2) is 18.2 Å². The Morgan fingerprint density at radius 2 is 2.25 bits per heavy atom. The number of hydrogen-bond acceptors (Lipinski definition) is 3. The molecule has 2 nitrogen and oxygen atoms in total. The van der Waals surface area contributed by atoms with Crippen molar-refractivity contribution in [3.05, 3.63) is 29.6 Å². The number of rotatable bonds is 6. The second kappa shape index (κ2) is 6.76. The van der Waals surface area contributed by atoms with Gasteiger partial charge in [0.25, 0.3) is 0 Å². The van der Waals surface area contributed by atoms with Gasteiger partial charge in [0.2, 0.25) is 0 Å². The van der Waals surface area contributed by atoms with Gasteiger partial charge in [-0.25, -0.2) is 4.39 Å². The number of benzene rings is 1. The molecule has 1 atom stereocenters. The molecule has 0 amide bonds. The van der Waals surface area contributed by atoms with E-state index in [9.17, 15) is 9.50 Å². The van der Waals surface area contributed by atoms with Gasteiger partial charge in [-0.2, -0.15) is 11.8 Å². The first kappa shape index (κ1) is 13.3. The first-order valence-corrected chi connectivity index (χ1v) is 6.43. The number of halogens is 1. The van der Waals surface area contributed by atoms with Crippen molar-refractivity contribution in [2.24, 2.45) is 0 Å². The molecule has 0 spiro atoms. The zero-order valence-electron chi connectivity index (χ0n) is 9.57. The van der Waals surface area contributed by atoms with Crippen LogP contribution in [0, 0.1) is 5.82 Å². The summed E-state index contributed by atoms with van der Waals surface area (Å²) in [6, 6.07) is 4.56. The summed E-state index contributed by atoms with van der Waals surface area (Å²) in [5.74, 6) is 1.38. The molecule has 1 rings (SSSR count).